The smallest absolute Gasteiger partial charge is 0.0740 e. The summed E-state index contributed by atoms with van der Waals surface area (Å²) in [6.45, 7) is 12.1. The van der Waals surface area contributed by atoms with Crippen molar-refractivity contribution < 1.29 is 0 Å². The third-order valence-electron chi connectivity index (χ3n) is 2.55. The topological polar surface area (TPSA) is 12.9 Å². The van der Waals surface area contributed by atoms with Gasteiger partial charge in [0, 0.05) is 11.3 Å². The molecule has 1 heteroatoms. The summed E-state index contributed by atoms with van der Waals surface area (Å²) >= 11 is 0. The van der Waals surface area contributed by atoms with Gasteiger partial charge in [0.2, 0.25) is 0 Å². The summed E-state index contributed by atoms with van der Waals surface area (Å²) in [7, 11) is 0. The summed E-state index contributed by atoms with van der Waals surface area (Å²) in [6, 6.07) is 2.16. The van der Waals surface area contributed by atoms with Gasteiger partial charge in [-0.2, -0.15) is 0 Å². The van der Waals surface area contributed by atoms with Gasteiger partial charge in [-0.15, -0.1) is 0 Å². The highest BCUT2D eigenvalue weighted by Crippen LogP contribution is 2.44. The fourth-order valence-corrected chi connectivity index (χ4v) is 1.76. The van der Waals surface area contributed by atoms with Crippen molar-refractivity contribution in [3.8, 4) is 0 Å². The first-order chi connectivity index (χ1) is 6.65. The molecule has 1 aliphatic rings. The van der Waals surface area contributed by atoms with Crippen LogP contribution in [0.15, 0.2) is 19.2 Å². The SMILES string of the molecule is C=C(C)c1nc(CCC)cc2c1C2=C. The summed E-state index contributed by atoms with van der Waals surface area (Å²) < 4.78 is 0. The number of aryl methyl sites for hydroxylation is 1. The van der Waals surface area contributed by atoms with Crippen LogP contribution < -0.4 is 0 Å². The lowest BCUT2D eigenvalue weighted by atomic mass is 10.2. The lowest BCUT2D eigenvalue weighted by molar-refractivity contribution is 0.880. The second kappa shape index (κ2) is 3.09. The minimum atomic E-state index is 1.04. The summed E-state index contributed by atoms with van der Waals surface area (Å²) in [5.74, 6) is 0. The van der Waals surface area contributed by atoms with E-state index < -0.39 is 0 Å². The first kappa shape index (κ1) is 9.20. The van der Waals surface area contributed by atoms with Crippen LogP contribution in [0.5, 0.6) is 0 Å². The molecule has 0 amide bonds. The molecular formula is C13H15N. The molecule has 0 aromatic carbocycles. The van der Waals surface area contributed by atoms with Crippen molar-refractivity contribution in [3.05, 3.63) is 41.7 Å². The minimum Gasteiger partial charge on any atom is -0.253 e. The second-order valence-electron chi connectivity index (χ2n) is 3.89. The molecule has 0 saturated carbocycles. The first-order valence-corrected chi connectivity index (χ1v) is 5.04. The van der Waals surface area contributed by atoms with Crippen molar-refractivity contribution in [2.24, 2.45) is 0 Å². The molecule has 0 radical (unpaired) electrons. The number of pyridine rings is 1. The van der Waals surface area contributed by atoms with E-state index in [1.165, 1.54) is 16.8 Å². The van der Waals surface area contributed by atoms with Crippen LogP contribution >= 0.6 is 0 Å². The van der Waals surface area contributed by atoms with Crippen molar-refractivity contribution in [3.63, 3.8) is 0 Å². The molecule has 1 nitrogen and oxygen atoms in total. The largest absolute Gasteiger partial charge is 0.253 e. The maximum Gasteiger partial charge on any atom is 0.0740 e. The highest BCUT2D eigenvalue weighted by molar-refractivity contribution is 6.03. The molecule has 72 valence electrons. The number of aromatic nitrogens is 1. The number of rotatable bonds is 3. The Kier molecular flexibility index (Phi) is 2.03. The van der Waals surface area contributed by atoms with E-state index in [9.17, 15) is 0 Å². The number of nitrogens with zero attached hydrogens (tertiary/aromatic N) is 1. The Morgan fingerprint density at radius 3 is 2.79 bits per heavy atom. The van der Waals surface area contributed by atoms with E-state index in [4.69, 9.17) is 0 Å². The van der Waals surface area contributed by atoms with Gasteiger partial charge in [-0.25, -0.2) is 0 Å². The van der Waals surface area contributed by atoms with E-state index in [2.05, 4.69) is 31.1 Å². The quantitative estimate of drug-likeness (QED) is 0.713. The molecule has 0 unspecified atom stereocenters. The van der Waals surface area contributed by atoms with Crippen molar-refractivity contribution >= 4 is 11.1 Å². The van der Waals surface area contributed by atoms with Crippen LogP contribution in [0.25, 0.3) is 11.1 Å². The molecule has 0 aliphatic heterocycles. The summed E-state index contributed by atoms with van der Waals surface area (Å²) in [5, 5.41) is 0. The Morgan fingerprint density at radius 1 is 1.50 bits per heavy atom. The molecule has 0 saturated heterocycles. The van der Waals surface area contributed by atoms with Crippen LogP contribution in [-0.2, 0) is 6.42 Å². The van der Waals surface area contributed by atoms with Crippen molar-refractivity contribution in [2.75, 3.05) is 0 Å². The summed E-state index contributed by atoms with van der Waals surface area (Å²) in [4.78, 5) is 4.60. The molecule has 1 aliphatic carbocycles. The van der Waals surface area contributed by atoms with E-state index in [-0.39, 0.29) is 0 Å². The Hall–Kier alpha value is -1.37. The third kappa shape index (κ3) is 1.29. The monoisotopic (exact) mass is 185 g/mol. The van der Waals surface area contributed by atoms with Gasteiger partial charge >= 0.3 is 0 Å². The summed E-state index contributed by atoms with van der Waals surface area (Å²) in [6.07, 6.45) is 2.18. The number of hydrogen-bond donors (Lipinski definition) is 0. The van der Waals surface area contributed by atoms with Gasteiger partial charge < -0.3 is 0 Å². The lowest BCUT2D eigenvalue weighted by Crippen LogP contribution is -1.92. The molecule has 0 fully saturated rings. The van der Waals surface area contributed by atoms with Crippen LogP contribution in [-0.4, -0.2) is 4.98 Å². The predicted molar refractivity (Wildman–Crippen MR) is 61.1 cm³/mol. The number of allylic oxidation sites excluding steroid dienone is 1. The molecule has 0 N–H and O–H groups in total. The van der Waals surface area contributed by atoms with Crippen molar-refractivity contribution in [1.29, 1.82) is 0 Å². The molecule has 0 spiro atoms. The van der Waals surface area contributed by atoms with Crippen molar-refractivity contribution in [2.45, 2.75) is 26.7 Å². The summed E-state index contributed by atoms with van der Waals surface area (Å²) in [5.41, 5.74) is 6.94. The molecule has 0 bridgehead atoms. The molecule has 1 heterocycles. The van der Waals surface area contributed by atoms with E-state index in [0.717, 1.165) is 29.7 Å². The third-order valence-corrected chi connectivity index (χ3v) is 2.55. The van der Waals surface area contributed by atoms with Gasteiger partial charge in [-0.1, -0.05) is 26.5 Å². The van der Waals surface area contributed by atoms with E-state index in [1.807, 2.05) is 6.92 Å². The number of hydrogen-bond acceptors (Lipinski definition) is 1. The van der Waals surface area contributed by atoms with E-state index >= 15 is 0 Å². The molecular weight excluding hydrogens is 170 g/mol. The molecule has 1 aromatic rings. The second-order valence-corrected chi connectivity index (χ2v) is 3.89. The van der Waals surface area contributed by atoms with Gasteiger partial charge in [0.15, 0.2) is 0 Å². The number of fused-ring (bicyclic) bond motifs is 1. The average Bonchev–Trinajstić information content (AvgIpc) is 2.77. The minimum absolute atomic E-state index is 1.04. The molecule has 14 heavy (non-hydrogen) atoms. The van der Waals surface area contributed by atoms with Crippen LogP contribution in [0.2, 0.25) is 0 Å². The van der Waals surface area contributed by atoms with Crippen LogP contribution in [0.1, 0.15) is 42.8 Å². The fraction of sp³-hybridized carbons (Fsp3) is 0.308. The highest BCUT2D eigenvalue weighted by atomic mass is 14.7. The van der Waals surface area contributed by atoms with Gasteiger partial charge in [0.05, 0.1) is 5.69 Å². The van der Waals surface area contributed by atoms with E-state index in [0.29, 0.717) is 0 Å². The zero-order valence-corrected chi connectivity index (χ0v) is 8.85. The van der Waals surface area contributed by atoms with E-state index in [1.54, 1.807) is 0 Å². The normalized spacial score (nSPS) is 12.6. The predicted octanol–water partition coefficient (Wildman–Crippen LogP) is 3.44. The van der Waals surface area contributed by atoms with Gasteiger partial charge in [-0.3, -0.25) is 4.98 Å². The average molecular weight is 185 g/mol. The Bertz CT molecular complexity index is 427. The molecule has 1 aromatic heterocycles. The highest BCUT2D eigenvalue weighted by Gasteiger charge is 2.28. The van der Waals surface area contributed by atoms with Crippen molar-refractivity contribution in [1.82, 2.24) is 4.98 Å². The van der Waals surface area contributed by atoms with Gasteiger partial charge in [-0.05, 0) is 36.1 Å². The standard InChI is InChI=1S/C13H15N/c1-5-6-10-7-11-9(4)12(11)13(14-10)8(2)3/h7H,2,4-6H2,1,3H3. The van der Waals surface area contributed by atoms with Crippen LogP contribution in [0.3, 0.4) is 0 Å². The first-order valence-electron chi connectivity index (χ1n) is 5.04. The van der Waals surface area contributed by atoms with Gasteiger partial charge in [0.25, 0.3) is 0 Å². The molecule has 0 atom stereocenters. The fourth-order valence-electron chi connectivity index (χ4n) is 1.76. The van der Waals surface area contributed by atoms with Gasteiger partial charge in [0.1, 0.15) is 0 Å². The lowest BCUT2D eigenvalue weighted by Gasteiger charge is -2.01. The maximum atomic E-state index is 4.60. The zero-order valence-electron chi connectivity index (χ0n) is 8.85. The van der Waals surface area contributed by atoms with Crippen LogP contribution in [0, 0.1) is 0 Å². The Labute approximate surface area is 85.2 Å². The Morgan fingerprint density at radius 2 is 2.21 bits per heavy atom. The zero-order chi connectivity index (χ0) is 10.3. The molecule has 2 rings (SSSR count). The Balaban J connectivity index is 2.47. The maximum absolute atomic E-state index is 4.60. The van der Waals surface area contributed by atoms with Crippen LogP contribution in [0.4, 0.5) is 0 Å².